The lowest BCUT2D eigenvalue weighted by Gasteiger charge is -2.09. The summed E-state index contributed by atoms with van der Waals surface area (Å²) < 4.78 is 35.9. The van der Waals surface area contributed by atoms with E-state index < -0.39 is 17.7 Å². The highest BCUT2D eigenvalue weighted by Crippen LogP contribution is 2.34. The number of halogens is 3. The van der Waals surface area contributed by atoms with Gasteiger partial charge in [0.1, 0.15) is 5.58 Å². The molecule has 2 aromatic rings. The van der Waals surface area contributed by atoms with Crippen LogP contribution in [-0.2, 0) is 15.5 Å². The Hall–Kier alpha value is -1.62. The summed E-state index contributed by atoms with van der Waals surface area (Å²) in [5.41, 5.74) is 0.230. The first-order valence-electron chi connectivity index (χ1n) is 4.61. The third-order valence-electron chi connectivity index (χ3n) is 2.23. The van der Waals surface area contributed by atoms with Gasteiger partial charge in [-0.15, -0.1) is 0 Å². The molecule has 3 nitrogen and oxygen atoms in total. The Kier molecular flexibility index (Phi) is 2.79. The Morgan fingerprint density at radius 3 is 2.76 bits per heavy atom. The van der Waals surface area contributed by atoms with Gasteiger partial charge in [-0.05, 0) is 24.3 Å². The Morgan fingerprint density at radius 2 is 2.12 bits per heavy atom. The fourth-order valence-electron chi connectivity index (χ4n) is 1.40. The zero-order chi connectivity index (χ0) is 12.6. The number of rotatable bonds is 2. The predicted octanol–water partition coefficient (Wildman–Crippen LogP) is 3.35. The number of esters is 1. The lowest BCUT2D eigenvalue weighted by Crippen LogP contribution is -2.26. The maximum Gasteiger partial charge on any atom is 0.399 e. The van der Waals surface area contributed by atoms with Gasteiger partial charge in [0.25, 0.3) is 0 Å². The van der Waals surface area contributed by atoms with Crippen molar-refractivity contribution < 1.29 is 22.7 Å². The van der Waals surface area contributed by atoms with E-state index in [0.717, 1.165) is 13.2 Å². The van der Waals surface area contributed by atoms with Crippen molar-refractivity contribution >= 4 is 28.5 Å². The lowest BCUT2D eigenvalue weighted by molar-refractivity contribution is -0.172. The topological polar surface area (TPSA) is 39.4 Å². The highest BCUT2D eigenvalue weighted by atomic mass is 35.5. The number of alkyl halides is 2. The van der Waals surface area contributed by atoms with Crippen molar-refractivity contribution in [3.05, 3.63) is 35.0 Å². The zero-order valence-electron chi connectivity index (χ0n) is 8.67. The summed E-state index contributed by atoms with van der Waals surface area (Å²) in [6.45, 7) is 0. The van der Waals surface area contributed by atoms with Crippen molar-refractivity contribution in [2.24, 2.45) is 0 Å². The first-order valence-corrected chi connectivity index (χ1v) is 4.99. The van der Waals surface area contributed by atoms with Crippen LogP contribution in [0, 0.1) is 0 Å². The lowest BCUT2D eigenvalue weighted by atomic mass is 10.2. The number of benzene rings is 1. The van der Waals surface area contributed by atoms with Crippen LogP contribution in [0.2, 0.25) is 5.02 Å². The Labute approximate surface area is 99.9 Å². The van der Waals surface area contributed by atoms with E-state index >= 15 is 0 Å². The van der Waals surface area contributed by atoms with Crippen molar-refractivity contribution in [3.63, 3.8) is 0 Å². The molecule has 1 aromatic carbocycles. The molecular weight excluding hydrogens is 254 g/mol. The largest absolute Gasteiger partial charge is 0.464 e. The molecule has 0 aliphatic heterocycles. The monoisotopic (exact) mass is 260 g/mol. The number of hydrogen-bond acceptors (Lipinski definition) is 3. The summed E-state index contributed by atoms with van der Waals surface area (Å²) in [5, 5.41) is 0.794. The van der Waals surface area contributed by atoms with Crippen molar-refractivity contribution in [2.45, 2.75) is 5.92 Å². The fraction of sp³-hybridized carbons (Fsp3) is 0.182. The average molecular weight is 261 g/mol. The summed E-state index contributed by atoms with van der Waals surface area (Å²) in [6.07, 6.45) is 0. The number of carbonyl (C=O) groups is 1. The molecular formula is C11H7ClF2O3. The molecule has 0 unspecified atom stereocenters. The van der Waals surface area contributed by atoms with E-state index in [4.69, 9.17) is 16.0 Å². The van der Waals surface area contributed by atoms with Crippen LogP contribution < -0.4 is 0 Å². The Morgan fingerprint density at radius 1 is 1.41 bits per heavy atom. The molecule has 2 rings (SSSR count). The maximum absolute atomic E-state index is 13.5. The highest BCUT2D eigenvalue weighted by Gasteiger charge is 2.45. The van der Waals surface area contributed by atoms with Crippen LogP contribution in [0.15, 0.2) is 28.7 Å². The second kappa shape index (κ2) is 4.00. The summed E-state index contributed by atoms with van der Waals surface area (Å²) >= 11 is 5.71. The molecule has 0 fully saturated rings. The second-order valence-electron chi connectivity index (χ2n) is 3.36. The minimum absolute atomic E-state index is 0.230. The molecule has 0 saturated carbocycles. The van der Waals surface area contributed by atoms with Crippen LogP contribution >= 0.6 is 11.6 Å². The van der Waals surface area contributed by atoms with Crippen molar-refractivity contribution in [2.75, 3.05) is 7.11 Å². The van der Waals surface area contributed by atoms with Gasteiger partial charge in [-0.2, -0.15) is 8.78 Å². The van der Waals surface area contributed by atoms with E-state index in [1.54, 1.807) is 0 Å². The molecule has 17 heavy (non-hydrogen) atoms. The third kappa shape index (κ3) is 1.98. The Balaban J connectivity index is 2.53. The number of methoxy groups -OCH3 is 1. The van der Waals surface area contributed by atoms with Gasteiger partial charge in [0.15, 0.2) is 5.76 Å². The quantitative estimate of drug-likeness (QED) is 0.778. The number of furan rings is 1. The first-order chi connectivity index (χ1) is 7.95. The highest BCUT2D eigenvalue weighted by molar-refractivity contribution is 6.31. The first kappa shape index (κ1) is 11.9. The molecule has 0 saturated heterocycles. The number of hydrogen-bond donors (Lipinski definition) is 0. The van der Waals surface area contributed by atoms with Gasteiger partial charge in [-0.3, -0.25) is 0 Å². The summed E-state index contributed by atoms with van der Waals surface area (Å²) in [6, 6.07) is 5.50. The zero-order valence-corrected chi connectivity index (χ0v) is 9.42. The predicted molar refractivity (Wildman–Crippen MR) is 57.1 cm³/mol. The van der Waals surface area contributed by atoms with E-state index in [9.17, 15) is 13.6 Å². The SMILES string of the molecule is COC(=O)C(F)(F)c1cc2cc(Cl)ccc2o1. The van der Waals surface area contributed by atoms with Gasteiger partial charge < -0.3 is 9.15 Å². The molecule has 0 bridgehead atoms. The van der Waals surface area contributed by atoms with Crippen LogP contribution in [0.1, 0.15) is 5.76 Å². The summed E-state index contributed by atoms with van der Waals surface area (Å²) in [7, 11) is 0.885. The van der Waals surface area contributed by atoms with Crippen LogP contribution in [0.4, 0.5) is 8.78 Å². The average Bonchev–Trinajstić information content (AvgIpc) is 2.71. The van der Waals surface area contributed by atoms with Crippen molar-refractivity contribution in [1.29, 1.82) is 0 Å². The molecule has 6 heteroatoms. The van der Waals surface area contributed by atoms with Crippen LogP contribution in [0.25, 0.3) is 11.0 Å². The summed E-state index contributed by atoms with van der Waals surface area (Å²) in [4.78, 5) is 10.9. The molecule has 0 N–H and O–H groups in total. The fourth-order valence-corrected chi connectivity index (χ4v) is 1.58. The number of fused-ring (bicyclic) bond motifs is 1. The molecule has 0 aliphatic carbocycles. The third-order valence-corrected chi connectivity index (χ3v) is 2.46. The number of carbonyl (C=O) groups excluding carboxylic acids is 1. The van der Waals surface area contributed by atoms with Gasteiger partial charge in [-0.25, -0.2) is 4.79 Å². The van der Waals surface area contributed by atoms with E-state index in [0.29, 0.717) is 10.4 Å². The second-order valence-corrected chi connectivity index (χ2v) is 3.80. The van der Waals surface area contributed by atoms with Gasteiger partial charge in [-0.1, -0.05) is 11.6 Å². The van der Waals surface area contributed by atoms with Gasteiger partial charge >= 0.3 is 11.9 Å². The molecule has 0 amide bonds. The van der Waals surface area contributed by atoms with Gasteiger partial charge in [0.05, 0.1) is 7.11 Å². The number of ether oxygens (including phenoxy) is 1. The minimum atomic E-state index is -3.81. The molecule has 0 spiro atoms. The van der Waals surface area contributed by atoms with E-state index in [2.05, 4.69) is 4.74 Å². The standard InChI is InChI=1S/C11H7ClF2O3/c1-16-10(15)11(13,14)9-5-6-4-7(12)2-3-8(6)17-9/h2-5H,1H3. The van der Waals surface area contributed by atoms with Crippen LogP contribution in [0.5, 0.6) is 0 Å². The smallest absolute Gasteiger partial charge is 0.399 e. The molecule has 0 aliphatic rings. The van der Waals surface area contributed by atoms with Crippen molar-refractivity contribution in [3.8, 4) is 0 Å². The van der Waals surface area contributed by atoms with Gasteiger partial charge in [0, 0.05) is 10.4 Å². The van der Waals surface area contributed by atoms with Crippen LogP contribution in [-0.4, -0.2) is 13.1 Å². The molecule has 1 aromatic heterocycles. The Bertz CT molecular complexity index is 577. The molecule has 90 valence electrons. The van der Waals surface area contributed by atoms with E-state index in [1.807, 2.05) is 0 Å². The molecule has 0 atom stereocenters. The van der Waals surface area contributed by atoms with Crippen molar-refractivity contribution in [1.82, 2.24) is 0 Å². The minimum Gasteiger partial charge on any atom is -0.464 e. The van der Waals surface area contributed by atoms with E-state index in [-0.39, 0.29) is 5.58 Å². The van der Waals surface area contributed by atoms with E-state index in [1.165, 1.54) is 18.2 Å². The normalized spacial score (nSPS) is 11.8. The molecule has 0 radical (unpaired) electrons. The maximum atomic E-state index is 13.5. The van der Waals surface area contributed by atoms with Crippen LogP contribution in [0.3, 0.4) is 0 Å². The summed E-state index contributed by atoms with van der Waals surface area (Å²) in [5.74, 6) is -6.23. The molecule has 1 heterocycles. The van der Waals surface area contributed by atoms with Gasteiger partial charge in [0.2, 0.25) is 0 Å².